The molecular formula is C14H17FN4. The van der Waals surface area contributed by atoms with E-state index in [4.69, 9.17) is 0 Å². The summed E-state index contributed by atoms with van der Waals surface area (Å²) < 4.78 is 15.1. The molecule has 1 N–H and O–H groups in total. The molecule has 0 fully saturated rings. The first-order valence-corrected chi connectivity index (χ1v) is 6.53. The van der Waals surface area contributed by atoms with E-state index in [1.54, 1.807) is 12.4 Å². The van der Waals surface area contributed by atoms with Crippen LogP contribution in [0.2, 0.25) is 0 Å². The number of hydrogen-bond acceptors (Lipinski definition) is 3. The summed E-state index contributed by atoms with van der Waals surface area (Å²) >= 11 is 0. The fourth-order valence-corrected chi connectivity index (χ4v) is 2.82. The average Bonchev–Trinajstić information content (AvgIpc) is 2.96. The van der Waals surface area contributed by atoms with Crippen LogP contribution < -0.4 is 5.32 Å². The van der Waals surface area contributed by atoms with Gasteiger partial charge in [0.15, 0.2) is 0 Å². The lowest BCUT2D eigenvalue weighted by Crippen LogP contribution is -2.25. The Bertz CT molecular complexity index is 593. The highest BCUT2D eigenvalue weighted by Gasteiger charge is 2.25. The first kappa shape index (κ1) is 12.3. The summed E-state index contributed by atoms with van der Waals surface area (Å²) in [4.78, 5) is 0. The SMILES string of the molecule is CC(NC1CCc2cc(F)ccc21)c1nncn1C. The molecule has 0 aliphatic heterocycles. The number of benzene rings is 1. The quantitative estimate of drug-likeness (QED) is 0.920. The van der Waals surface area contributed by atoms with Crippen LogP contribution in [0.3, 0.4) is 0 Å². The molecule has 0 bridgehead atoms. The molecule has 1 aliphatic rings. The highest BCUT2D eigenvalue weighted by atomic mass is 19.1. The third-order valence-electron chi connectivity index (χ3n) is 3.77. The molecule has 3 rings (SSSR count). The Labute approximate surface area is 111 Å². The molecule has 5 heteroatoms. The number of nitrogens with zero attached hydrogens (tertiary/aromatic N) is 3. The number of hydrogen-bond donors (Lipinski definition) is 1. The van der Waals surface area contributed by atoms with Crippen LogP contribution in [0.4, 0.5) is 4.39 Å². The second kappa shape index (κ2) is 4.74. The molecule has 19 heavy (non-hydrogen) atoms. The van der Waals surface area contributed by atoms with E-state index in [1.165, 1.54) is 11.6 Å². The maximum Gasteiger partial charge on any atom is 0.149 e. The third kappa shape index (κ3) is 2.26. The zero-order chi connectivity index (χ0) is 13.4. The molecular weight excluding hydrogens is 243 g/mol. The van der Waals surface area contributed by atoms with Crippen molar-refractivity contribution in [2.45, 2.75) is 31.8 Å². The second-order valence-electron chi connectivity index (χ2n) is 5.12. The fourth-order valence-electron chi connectivity index (χ4n) is 2.82. The summed E-state index contributed by atoms with van der Waals surface area (Å²) in [6, 6.07) is 5.45. The van der Waals surface area contributed by atoms with Crippen molar-refractivity contribution >= 4 is 0 Å². The van der Waals surface area contributed by atoms with E-state index in [0.717, 1.165) is 24.2 Å². The topological polar surface area (TPSA) is 42.7 Å². The van der Waals surface area contributed by atoms with Crippen LogP contribution in [-0.2, 0) is 13.5 Å². The van der Waals surface area contributed by atoms with Crippen LogP contribution in [0.1, 0.15) is 42.4 Å². The van der Waals surface area contributed by atoms with Crippen LogP contribution >= 0.6 is 0 Å². The molecule has 100 valence electrons. The number of aromatic nitrogens is 3. The molecule has 2 aromatic rings. The van der Waals surface area contributed by atoms with Gasteiger partial charge in [-0.3, -0.25) is 0 Å². The molecule has 4 nitrogen and oxygen atoms in total. The molecule has 0 saturated carbocycles. The van der Waals surface area contributed by atoms with Gasteiger partial charge in [0.2, 0.25) is 0 Å². The Kier molecular flexibility index (Phi) is 3.06. The van der Waals surface area contributed by atoms with Crippen LogP contribution in [0.15, 0.2) is 24.5 Å². The lowest BCUT2D eigenvalue weighted by molar-refractivity contribution is 0.442. The lowest BCUT2D eigenvalue weighted by atomic mass is 10.1. The number of aryl methyl sites for hydroxylation is 2. The number of fused-ring (bicyclic) bond motifs is 1. The maximum atomic E-state index is 13.2. The highest BCUT2D eigenvalue weighted by molar-refractivity contribution is 5.35. The summed E-state index contributed by atoms with van der Waals surface area (Å²) in [5.74, 6) is 0.760. The molecule has 1 aliphatic carbocycles. The van der Waals surface area contributed by atoms with Gasteiger partial charge in [0.1, 0.15) is 18.0 Å². The standard InChI is InChI=1S/C14H17FN4/c1-9(14-18-16-8-19(14)2)17-13-6-3-10-7-11(15)4-5-12(10)13/h4-5,7-9,13,17H,3,6H2,1-2H3. The van der Waals surface area contributed by atoms with Crippen molar-refractivity contribution in [2.75, 3.05) is 0 Å². The van der Waals surface area contributed by atoms with Crippen LogP contribution in [-0.4, -0.2) is 14.8 Å². The summed E-state index contributed by atoms with van der Waals surface area (Å²) in [6.07, 6.45) is 3.63. The van der Waals surface area contributed by atoms with Gasteiger partial charge in [0.25, 0.3) is 0 Å². The highest BCUT2D eigenvalue weighted by Crippen LogP contribution is 2.33. The number of rotatable bonds is 3. The summed E-state index contributed by atoms with van der Waals surface area (Å²) in [7, 11) is 1.94. The van der Waals surface area contributed by atoms with Crippen LogP contribution in [0, 0.1) is 5.82 Å². The van der Waals surface area contributed by atoms with Crippen molar-refractivity contribution in [3.8, 4) is 0 Å². The third-order valence-corrected chi connectivity index (χ3v) is 3.77. The Balaban J connectivity index is 1.78. The van der Waals surface area contributed by atoms with E-state index in [0.29, 0.717) is 0 Å². The van der Waals surface area contributed by atoms with E-state index < -0.39 is 0 Å². The van der Waals surface area contributed by atoms with E-state index in [-0.39, 0.29) is 17.9 Å². The van der Waals surface area contributed by atoms with Gasteiger partial charge in [0.05, 0.1) is 6.04 Å². The maximum absolute atomic E-state index is 13.2. The normalized spacial score (nSPS) is 19.4. The van der Waals surface area contributed by atoms with E-state index in [9.17, 15) is 4.39 Å². The van der Waals surface area contributed by atoms with Crippen molar-refractivity contribution in [3.05, 3.63) is 47.3 Å². The minimum Gasteiger partial charge on any atom is -0.319 e. The molecule has 1 heterocycles. The Morgan fingerprint density at radius 1 is 1.47 bits per heavy atom. The monoisotopic (exact) mass is 260 g/mol. The molecule has 1 aromatic heterocycles. The fraction of sp³-hybridized carbons (Fsp3) is 0.429. The van der Waals surface area contributed by atoms with Gasteiger partial charge in [-0.1, -0.05) is 6.07 Å². The zero-order valence-corrected chi connectivity index (χ0v) is 11.1. The van der Waals surface area contributed by atoms with Gasteiger partial charge in [0, 0.05) is 13.1 Å². The predicted molar refractivity (Wildman–Crippen MR) is 70.0 cm³/mol. The van der Waals surface area contributed by atoms with E-state index >= 15 is 0 Å². The minimum atomic E-state index is -0.152. The molecule has 0 saturated heterocycles. The molecule has 0 amide bonds. The van der Waals surface area contributed by atoms with Gasteiger partial charge in [-0.05, 0) is 43.0 Å². The average molecular weight is 260 g/mol. The Hall–Kier alpha value is -1.75. The Morgan fingerprint density at radius 2 is 2.32 bits per heavy atom. The smallest absolute Gasteiger partial charge is 0.149 e. The summed E-state index contributed by atoms with van der Waals surface area (Å²) in [6.45, 7) is 2.07. The number of halogens is 1. The number of nitrogens with one attached hydrogen (secondary N) is 1. The molecule has 2 atom stereocenters. The summed E-state index contributed by atoms with van der Waals surface area (Å²) in [5, 5.41) is 11.6. The van der Waals surface area contributed by atoms with Crippen LogP contribution in [0.5, 0.6) is 0 Å². The van der Waals surface area contributed by atoms with Crippen molar-refractivity contribution in [1.29, 1.82) is 0 Å². The van der Waals surface area contributed by atoms with Gasteiger partial charge in [-0.15, -0.1) is 10.2 Å². The van der Waals surface area contributed by atoms with Crippen molar-refractivity contribution in [1.82, 2.24) is 20.1 Å². The molecule has 0 spiro atoms. The largest absolute Gasteiger partial charge is 0.319 e. The Morgan fingerprint density at radius 3 is 3.05 bits per heavy atom. The molecule has 0 radical (unpaired) electrons. The molecule has 2 unspecified atom stereocenters. The first-order chi connectivity index (χ1) is 9.15. The predicted octanol–water partition coefficient (Wildman–Crippen LogP) is 2.29. The first-order valence-electron chi connectivity index (χ1n) is 6.53. The van der Waals surface area contributed by atoms with Crippen molar-refractivity contribution < 1.29 is 4.39 Å². The van der Waals surface area contributed by atoms with E-state index in [1.807, 2.05) is 17.7 Å². The van der Waals surface area contributed by atoms with Gasteiger partial charge < -0.3 is 9.88 Å². The van der Waals surface area contributed by atoms with Gasteiger partial charge in [-0.2, -0.15) is 0 Å². The lowest BCUT2D eigenvalue weighted by Gasteiger charge is -2.19. The van der Waals surface area contributed by atoms with Gasteiger partial charge >= 0.3 is 0 Å². The van der Waals surface area contributed by atoms with Crippen molar-refractivity contribution in [3.63, 3.8) is 0 Å². The zero-order valence-electron chi connectivity index (χ0n) is 11.1. The van der Waals surface area contributed by atoms with Crippen LogP contribution in [0.25, 0.3) is 0 Å². The molecule has 1 aromatic carbocycles. The van der Waals surface area contributed by atoms with Gasteiger partial charge in [-0.25, -0.2) is 4.39 Å². The second-order valence-corrected chi connectivity index (χ2v) is 5.12. The van der Waals surface area contributed by atoms with E-state index in [2.05, 4.69) is 22.4 Å². The summed E-state index contributed by atoms with van der Waals surface area (Å²) in [5.41, 5.74) is 2.32. The minimum absolute atomic E-state index is 0.119. The van der Waals surface area contributed by atoms with Crippen molar-refractivity contribution in [2.24, 2.45) is 7.05 Å².